The molecule has 0 spiro atoms. The van der Waals surface area contributed by atoms with Gasteiger partial charge in [-0.1, -0.05) is 32.6 Å². The minimum absolute atomic E-state index is 0.389. The molecule has 0 amide bonds. The predicted molar refractivity (Wildman–Crippen MR) is 149 cm³/mol. The van der Waals surface area contributed by atoms with Gasteiger partial charge < -0.3 is 18.3 Å². The number of unbranched alkanes of at least 4 members (excludes halogenated alkanes) is 4. The standard InChI is InChI=1S/C28H44O5Si2/c1-7-8-21-30-25-15-13-24(14-16-25)28(29)32-27-19-17-26(18-20-27)31-22-11-9-10-12-23-35(5,6)33-34(2,3)4/h13-20H,7-12,21-23H2,1-6H3. The first-order valence-electron chi connectivity index (χ1n) is 13.0. The second-order valence-corrected chi connectivity index (χ2v) is 19.6. The van der Waals surface area contributed by atoms with Crippen LogP contribution in [0.2, 0.25) is 38.8 Å². The van der Waals surface area contributed by atoms with Crippen molar-refractivity contribution in [3.63, 3.8) is 0 Å². The molecule has 0 aliphatic carbocycles. The number of rotatable bonds is 16. The summed E-state index contributed by atoms with van der Waals surface area (Å²) in [7, 11) is -2.96. The minimum atomic E-state index is -1.52. The molecule has 0 aliphatic rings. The zero-order valence-electron chi connectivity index (χ0n) is 22.5. The molecular weight excluding hydrogens is 472 g/mol. The fourth-order valence-corrected chi connectivity index (χ4v) is 12.0. The van der Waals surface area contributed by atoms with Crippen LogP contribution in [-0.4, -0.2) is 35.8 Å². The zero-order valence-corrected chi connectivity index (χ0v) is 24.5. The smallest absolute Gasteiger partial charge is 0.343 e. The molecule has 194 valence electrons. The third-order valence-electron chi connectivity index (χ3n) is 5.42. The Bertz CT molecular complexity index is 874. The Morgan fingerprint density at radius 3 is 1.77 bits per heavy atom. The third-order valence-corrected chi connectivity index (χ3v) is 11.6. The van der Waals surface area contributed by atoms with Crippen molar-refractivity contribution in [3.05, 3.63) is 54.1 Å². The van der Waals surface area contributed by atoms with Crippen LogP contribution in [0.25, 0.3) is 0 Å². The molecule has 0 fully saturated rings. The highest BCUT2D eigenvalue weighted by atomic mass is 28.4. The summed E-state index contributed by atoms with van der Waals surface area (Å²) in [4.78, 5) is 12.4. The maximum absolute atomic E-state index is 12.4. The Balaban J connectivity index is 1.64. The zero-order chi connectivity index (χ0) is 25.7. The summed E-state index contributed by atoms with van der Waals surface area (Å²) in [5, 5.41) is 0. The number of benzene rings is 2. The van der Waals surface area contributed by atoms with Crippen LogP contribution in [0.4, 0.5) is 0 Å². The van der Waals surface area contributed by atoms with E-state index in [1.807, 2.05) is 12.1 Å². The highest BCUT2D eigenvalue weighted by molar-refractivity contribution is 6.84. The lowest BCUT2D eigenvalue weighted by Crippen LogP contribution is -2.42. The second-order valence-electron chi connectivity index (χ2n) is 10.6. The van der Waals surface area contributed by atoms with Crippen molar-refractivity contribution in [2.24, 2.45) is 0 Å². The summed E-state index contributed by atoms with van der Waals surface area (Å²) >= 11 is 0. The Kier molecular flexibility index (Phi) is 12.0. The van der Waals surface area contributed by atoms with Crippen LogP contribution >= 0.6 is 0 Å². The van der Waals surface area contributed by atoms with Crippen molar-refractivity contribution < 1.29 is 23.1 Å². The van der Waals surface area contributed by atoms with Gasteiger partial charge in [-0.05, 0) is 100 Å². The molecule has 0 atom stereocenters. The van der Waals surface area contributed by atoms with Crippen molar-refractivity contribution in [1.29, 1.82) is 0 Å². The largest absolute Gasteiger partial charge is 0.494 e. The average molecular weight is 517 g/mol. The van der Waals surface area contributed by atoms with Crippen LogP contribution in [0, 0.1) is 0 Å². The molecule has 2 rings (SSSR count). The fourth-order valence-electron chi connectivity index (χ4n) is 3.87. The molecule has 0 N–H and O–H groups in total. The summed E-state index contributed by atoms with van der Waals surface area (Å²) in [6, 6.07) is 15.5. The molecule has 0 unspecified atom stereocenters. The van der Waals surface area contributed by atoms with Crippen LogP contribution in [0.5, 0.6) is 17.2 Å². The van der Waals surface area contributed by atoms with Crippen LogP contribution in [-0.2, 0) is 4.12 Å². The van der Waals surface area contributed by atoms with Gasteiger partial charge in [0.15, 0.2) is 16.6 Å². The van der Waals surface area contributed by atoms with E-state index >= 15 is 0 Å². The van der Waals surface area contributed by atoms with Gasteiger partial charge >= 0.3 is 5.97 Å². The van der Waals surface area contributed by atoms with Crippen LogP contribution in [0.3, 0.4) is 0 Å². The number of hydrogen-bond acceptors (Lipinski definition) is 5. The topological polar surface area (TPSA) is 54.0 Å². The highest BCUT2D eigenvalue weighted by Crippen LogP contribution is 2.22. The number of hydrogen-bond donors (Lipinski definition) is 0. The van der Waals surface area contributed by atoms with E-state index in [1.54, 1.807) is 36.4 Å². The summed E-state index contributed by atoms with van der Waals surface area (Å²) < 4.78 is 23.4. The van der Waals surface area contributed by atoms with Crippen LogP contribution in [0.1, 0.15) is 55.8 Å². The van der Waals surface area contributed by atoms with Crippen LogP contribution < -0.4 is 14.2 Å². The Morgan fingerprint density at radius 2 is 1.20 bits per heavy atom. The van der Waals surface area contributed by atoms with Crippen molar-refractivity contribution in [2.45, 2.75) is 84.2 Å². The molecule has 0 heterocycles. The maximum atomic E-state index is 12.4. The molecular formula is C28H44O5Si2. The molecule has 0 aliphatic heterocycles. The summed E-state index contributed by atoms with van der Waals surface area (Å²) in [6.45, 7) is 15.0. The van der Waals surface area contributed by atoms with Gasteiger partial charge in [-0.15, -0.1) is 0 Å². The van der Waals surface area contributed by atoms with E-state index in [9.17, 15) is 4.79 Å². The Hall–Kier alpha value is -2.10. The van der Waals surface area contributed by atoms with E-state index in [1.165, 1.54) is 18.9 Å². The SMILES string of the molecule is CCCCOc1ccc(C(=O)Oc2ccc(OCCCCCC[Si](C)(C)O[Si](C)(C)C)cc2)cc1. The Morgan fingerprint density at radius 1 is 0.686 bits per heavy atom. The van der Waals surface area contributed by atoms with Crippen molar-refractivity contribution in [2.75, 3.05) is 13.2 Å². The lowest BCUT2D eigenvalue weighted by Gasteiger charge is -2.31. The highest BCUT2D eigenvalue weighted by Gasteiger charge is 2.28. The predicted octanol–water partition coefficient (Wildman–Crippen LogP) is 8.08. The first-order chi connectivity index (χ1) is 16.6. The molecule has 2 aromatic rings. The molecule has 0 aromatic heterocycles. The van der Waals surface area contributed by atoms with Gasteiger partial charge in [0.05, 0.1) is 18.8 Å². The maximum Gasteiger partial charge on any atom is 0.343 e. The molecule has 0 radical (unpaired) electrons. The van der Waals surface area contributed by atoms with E-state index in [4.69, 9.17) is 18.3 Å². The average Bonchev–Trinajstić information content (AvgIpc) is 2.78. The monoisotopic (exact) mass is 516 g/mol. The van der Waals surface area contributed by atoms with E-state index in [0.29, 0.717) is 24.5 Å². The number of esters is 1. The number of carbonyl (C=O) groups excluding carboxylic acids is 1. The quantitative estimate of drug-likeness (QED) is 0.0977. The van der Waals surface area contributed by atoms with Gasteiger partial charge in [0.1, 0.15) is 17.2 Å². The second kappa shape index (κ2) is 14.5. The van der Waals surface area contributed by atoms with Gasteiger partial charge in [-0.2, -0.15) is 0 Å². The molecule has 0 bridgehead atoms. The normalized spacial score (nSPS) is 11.8. The van der Waals surface area contributed by atoms with Crippen LogP contribution in [0.15, 0.2) is 48.5 Å². The van der Waals surface area contributed by atoms with Crippen molar-refractivity contribution in [3.8, 4) is 17.2 Å². The van der Waals surface area contributed by atoms with Gasteiger partial charge in [-0.25, -0.2) is 4.79 Å². The molecule has 35 heavy (non-hydrogen) atoms. The number of ether oxygens (including phenoxy) is 3. The van der Waals surface area contributed by atoms with Crippen molar-refractivity contribution in [1.82, 2.24) is 0 Å². The third kappa shape index (κ3) is 12.4. The lowest BCUT2D eigenvalue weighted by atomic mass is 10.2. The van der Waals surface area contributed by atoms with Crippen molar-refractivity contribution >= 4 is 22.6 Å². The first kappa shape index (κ1) is 29.1. The molecule has 0 saturated heterocycles. The molecule has 0 saturated carbocycles. The summed E-state index contributed by atoms with van der Waals surface area (Å²) in [6.07, 6.45) is 6.75. The molecule has 2 aromatic carbocycles. The van der Waals surface area contributed by atoms with Gasteiger partial charge in [0.25, 0.3) is 0 Å². The molecule has 7 heteroatoms. The fraction of sp³-hybridized carbons (Fsp3) is 0.536. The van der Waals surface area contributed by atoms with Gasteiger partial charge in [0, 0.05) is 0 Å². The van der Waals surface area contributed by atoms with E-state index in [0.717, 1.165) is 37.2 Å². The lowest BCUT2D eigenvalue weighted by molar-refractivity contribution is 0.0734. The van der Waals surface area contributed by atoms with E-state index in [2.05, 4.69) is 39.7 Å². The first-order valence-corrected chi connectivity index (χ1v) is 19.5. The summed E-state index contributed by atoms with van der Waals surface area (Å²) in [5.74, 6) is 1.66. The Labute approximate surface area is 214 Å². The van der Waals surface area contributed by atoms with Gasteiger partial charge in [0.2, 0.25) is 0 Å². The van der Waals surface area contributed by atoms with E-state index in [-0.39, 0.29) is 5.97 Å². The number of carbonyl (C=O) groups is 1. The minimum Gasteiger partial charge on any atom is -0.494 e. The van der Waals surface area contributed by atoms with E-state index < -0.39 is 16.6 Å². The summed E-state index contributed by atoms with van der Waals surface area (Å²) in [5.41, 5.74) is 0.492. The van der Waals surface area contributed by atoms with Gasteiger partial charge in [-0.3, -0.25) is 0 Å². The molecule has 5 nitrogen and oxygen atoms in total.